The van der Waals surface area contributed by atoms with Crippen molar-refractivity contribution in [1.29, 1.82) is 0 Å². The van der Waals surface area contributed by atoms with Crippen molar-refractivity contribution in [3.05, 3.63) is 46.9 Å². The number of nitrogens with one attached hydrogen (secondary N) is 2. The van der Waals surface area contributed by atoms with E-state index >= 15 is 0 Å². The summed E-state index contributed by atoms with van der Waals surface area (Å²) in [5.74, 6) is 0.650. The molecule has 2 atom stereocenters. The van der Waals surface area contributed by atoms with Gasteiger partial charge in [-0.2, -0.15) is 10.1 Å². The van der Waals surface area contributed by atoms with Crippen LogP contribution in [0.1, 0.15) is 34.1 Å². The summed E-state index contributed by atoms with van der Waals surface area (Å²) >= 11 is 0. The van der Waals surface area contributed by atoms with Crippen LogP contribution in [-0.4, -0.2) is 55.5 Å². The topological polar surface area (TPSA) is 105 Å². The predicted octanol–water partition coefficient (Wildman–Crippen LogP) is 3.17. The van der Waals surface area contributed by atoms with Gasteiger partial charge in [0.05, 0.1) is 11.9 Å². The Kier molecular flexibility index (Phi) is 5.43. The molecular formula is C22H28N6O3. The fourth-order valence-electron chi connectivity index (χ4n) is 3.67. The molecule has 1 aliphatic rings. The van der Waals surface area contributed by atoms with E-state index in [1.54, 1.807) is 9.58 Å². The third kappa shape index (κ3) is 4.55. The molecule has 31 heavy (non-hydrogen) atoms. The van der Waals surface area contributed by atoms with E-state index < -0.39 is 5.60 Å². The lowest BCUT2D eigenvalue weighted by molar-refractivity contribution is 0.0176. The van der Waals surface area contributed by atoms with Crippen LogP contribution in [-0.2, 0) is 4.74 Å². The van der Waals surface area contributed by atoms with E-state index in [4.69, 9.17) is 4.74 Å². The molecular weight excluding hydrogens is 396 g/mol. The first kappa shape index (κ1) is 20.9. The second-order valence-electron chi connectivity index (χ2n) is 8.99. The minimum absolute atomic E-state index is 0.0741. The maximum atomic E-state index is 12.6. The third-order valence-electron chi connectivity index (χ3n) is 5.37. The molecule has 0 saturated carbocycles. The zero-order valence-corrected chi connectivity index (χ0v) is 18.3. The Morgan fingerprint density at radius 3 is 2.71 bits per heavy atom. The average Bonchev–Trinajstić information content (AvgIpc) is 3.13. The highest BCUT2D eigenvalue weighted by Gasteiger charge is 2.32. The van der Waals surface area contributed by atoms with Crippen molar-refractivity contribution >= 4 is 23.1 Å². The summed E-state index contributed by atoms with van der Waals surface area (Å²) < 4.78 is 7.16. The molecule has 0 radical (unpaired) electrons. The number of piperidine rings is 1. The van der Waals surface area contributed by atoms with Gasteiger partial charge in [-0.15, -0.1) is 0 Å². The molecule has 0 spiro atoms. The monoisotopic (exact) mass is 424 g/mol. The Labute approximate surface area is 180 Å². The summed E-state index contributed by atoms with van der Waals surface area (Å²) in [6.07, 6.45) is 2.02. The number of carbonyl (C=O) groups excluding carboxylic acids is 1. The van der Waals surface area contributed by atoms with Crippen LogP contribution in [0.3, 0.4) is 0 Å². The van der Waals surface area contributed by atoms with Gasteiger partial charge in [-0.05, 0) is 45.2 Å². The van der Waals surface area contributed by atoms with Crippen molar-refractivity contribution in [2.75, 3.05) is 18.4 Å². The van der Waals surface area contributed by atoms with Gasteiger partial charge in [-0.1, -0.05) is 25.1 Å². The minimum Gasteiger partial charge on any atom is -0.444 e. The highest BCUT2D eigenvalue weighted by molar-refractivity contribution is 5.76. The van der Waals surface area contributed by atoms with Crippen molar-refractivity contribution in [1.82, 2.24) is 24.6 Å². The molecule has 0 aliphatic carbocycles. The lowest BCUT2D eigenvalue weighted by atomic mass is 9.94. The minimum atomic E-state index is -0.545. The first-order valence-corrected chi connectivity index (χ1v) is 10.5. The largest absolute Gasteiger partial charge is 0.444 e. The van der Waals surface area contributed by atoms with Crippen molar-refractivity contribution < 1.29 is 9.53 Å². The summed E-state index contributed by atoms with van der Waals surface area (Å²) in [4.78, 5) is 34.3. The van der Waals surface area contributed by atoms with E-state index in [1.165, 1.54) is 6.20 Å². The second kappa shape index (κ2) is 8.05. The molecule has 1 fully saturated rings. The molecule has 3 heterocycles. The lowest BCUT2D eigenvalue weighted by Crippen LogP contribution is -2.50. The number of H-pyrrole nitrogens is 1. The van der Waals surface area contributed by atoms with Gasteiger partial charge < -0.3 is 15.0 Å². The molecule has 164 valence electrons. The average molecular weight is 425 g/mol. The summed E-state index contributed by atoms with van der Waals surface area (Å²) in [6, 6.07) is 9.47. The summed E-state index contributed by atoms with van der Waals surface area (Å²) in [5, 5.41) is 8.08. The van der Waals surface area contributed by atoms with Crippen molar-refractivity contribution in [2.24, 2.45) is 5.92 Å². The molecule has 1 aliphatic heterocycles. The highest BCUT2D eigenvalue weighted by Crippen LogP contribution is 2.22. The SMILES string of the molecule is CC1CCN(C(=O)OC(C)(C)C)CC1Nc1nc2c(cnn2-c2ccccc2)c(=O)[nH]1. The van der Waals surface area contributed by atoms with Crippen molar-refractivity contribution in [3.63, 3.8) is 0 Å². The maximum Gasteiger partial charge on any atom is 0.410 e. The Balaban J connectivity index is 1.59. The van der Waals surface area contributed by atoms with Crippen LogP contribution in [0.2, 0.25) is 0 Å². The smallest absolute Gasteiger partial charge is 0.410 e. The number of nitrogens with zero attached hydrogens (tertiary/aromatic N) is 4. The van der Waals surface area contributed by atoms with E-state index in [0.29, 0.717) is 36.0 Å². The number of benzene rings is 1. The third-order valence-corrected chi connectivity index (χ3v) is 5.37. The number of ether oxygens (including phenoxy) is 1. The number of anilines is 1. The van der Waals surface area contributed by atoms with E-state index in [1.807, 2.05) is 51.1 Å². The number of hydrogen-bond acceptors (Lipinski definition) is 6. The van der Waals surface area contributed by atoms with Gasteiger partial charge >= 0.3 is 6.09 Å². The van der Waals surface area contributed by atoms with E-state index in [-0.39, 0.29) is 17.7 Å². The van der Waals surface area contributed by atoms with Crippen LogP contribution in [0.5, 0.6) is 0 Å². The Hall–Kier alpha value is -3.36. The van der Waals surface area contributed by atoms with Gasteiger partial charge in [0, 0.05) is 19.1 Å². The van der Waals surface area contributed by atoms with Crippen LogP contribution in [0, 0.1) is 5.92 Å². The zero-order chi connectivity index (χ0) is 22.2. The highest BCUT2D eigenvalue weighted by atomic mass is 16.6. The fourth-order valence-corrected chi connectivity index (χ4v) is 3.67. The van der Waals surface area contributed by atoms with Gasteiger partial charge in [0.25, 0.3) is 5.56 Å². The van der Waals surface area contributed by atoms with E-state index in [2.05, 4.69) is 27.3 Å². The second-order valence-corrected chi connectivity index (χ2v) is 8.99. The van der Waals surface area contributed by atoms with Gasteiger partial charge in [0.1, 0.15) is 11.0 Å². The number of carbonyl (C=O) groups is 1. The number of aromatic nitrogens is 4. The summed E-state index contributed by atoms with van der Waals surface area (Å²) in [6.45, 7) is 8.79. The van der Waals surface area contributed by atoms with Crippen LogP contribution >= 0.6 is 0 Å². The molecule has 0 bridgehead atoms. The number of para-hydroxylation sites is 1. The predicted molar refractivity (Wildman–Crippen MR) is 118 cm³/mol. The zero-order valence-electron chi connectivity index (χ0n) is 18.3. The molecule has 4 rings (SSSR count). The number of aromatic amines is 1. The Morgan fingerprint density at radius 2 is 2.00 bits per heavy atom. The molecule has 1 aromatic carbocycles. The first-order valence-electron chi connectivity index (χ1n) is 10.5. The quantitative estimate of drug-likeness (QED) is 0.669. The Morgan fingerprint density at radius 1 is 1.26 bits per heavy atom. The normalized spacial score (nSPS) is 19.4. The molecule has 2 aromatic heterocycles. The summed E-state index contributed by atoms with van der Waals surface area (Å²) in [5.41, 5.74) is 0.493. The number of likely N-dealkylation sites (tertiary alicyclic amines) is 1. The molecule has 9 heteroatoms. The van der Waals surface area contributed by atoms with Crippen molar-refractivity contribution in [3.8, 4) is 5.69 Å². The molecule has 9 nitrogen and oxygen atoms in total. The van der Waals surface area contributed by atoms with Crippen molar-refractivity contribution in [2.45, 2.75) is 45.8 Å². The first-order chi connectivity index (χ1) is 14.7. The number of hydrogen-bond donors (Lipinski definition) is 2. The van der Waals surface area contributed by atoms with Crippen LogP contribution in [0.15, 0.2) is 41.3 Å². The van der Waals surface area contributed by atoms with Gasteiger partial charge in [0.2, 0.25) is 5.95 Å². The number of amides is 1. The fraction of sp³-hybridized carbons (Fsp3) is 0.455. The summed E-state index contributed by atoms with van der Waals surface area (Å²) in [7, 11) is 0. The van der Waals surface area contributed by atoms with Crippen LogP contribution in [0.4, 0.5) is 10.7 Å². The number of rotatable bonds is 3. The van der Waals surface area contributed by atoms with Crippen LogP contribution in [0.25, 0.3) is 16.7 Å². The van der Waals surface area contributed by atoms with E-state index in [9.17, 15) is 9.59 Å². The molecule has 3 aromatic rings. The van der Waals surface area contributed by atoms with Gasteiger partial charge in [-0.3, -0.25) is 9.78 Å². The molecule has 2 unspecified atom stereocenters. The standard InChI is InChI=1S/C22H28N6O3/c1-14-10-11-27(21(30)31-22(2,3)4)13-17(14)24-20-25-18-16(19(29)26-20)12-23-28(18)15-8-6-5-7-9-15/h5-9,12,14,17H,10-11,13H2,1-4H3,(H2,24,25,26,29). The molecule has 2 N–H and O–H groups in total. The maximum absolute atomic E-state index is 12.6. The molecule has 1 saturated heterocycles. The number of fused-ring (bicyclic) bond motifs is 1. The van der Waals surface area contributed by atoms with E-state index in [0.717, 1.165) is 12.1 Å². The van der Waals surface area contributed by atoms with Gasteiger partial charge in [0.15, 0.2) is 5.65 Å². The molecule has 1 amide bonds. The van der Waals surface area contributed by atoms with Gasteiger partial charge in [-0.25, -0.2) is 9.48 Å². The Bertz CT molecular complexity index is 1130. The van der Waals surface area contributed by atoms with Crippen LogP contribution < -0.4 is 10.9 Å². The lowest BCUT2D eigenvalue weighted by Gasteiger charge is -2.38.